The average molecular weight is 327 g/mol. The molecule has 0 bridgehead atoms. The summed E-state index contributed by atoms with van der Waals surface area (Å²) in [5.74, 6) is 0.101. The van der Waals surface area contributed by atoms with E-state index in [0.29, 0.717) is 13.1 Å². The van der Waals surface area contributed by atoms with Crippen molar-refractivity contribution in [3.05, 3.63) is 35.9 Å². The topological polar surface area (TPSA) is 55.6 Å². The molecule has 1 aliphatic heterocycles. The number of ether oxygens (including phenoxy) is 1. The first-order valence-electron chi connectivity index (χ1n) is 7.92. The molecule has 1 saturated heterocycles. The predicted octanol–water partition coefficient (Wildman–Crippen LogP) is 2.91. The van der Waals surface area contributed by atoms with Crippen molar-refractivity contribution in [3.63, 3.8) is 0 Å². The minimum absolute atomic E-state index is 0. The Kier molecular flexibility index (Phi) is 7.87. The Labute approximate surface area is 139 Å². The number of halogens is 1. The summed E-state index contributed by atoms with van der Waals surface area (Å²) in [5.41, 5.74) is 6.82. The van der Waals surface area contributed by atoms with Gasteiger partial charge in [0, 0.05) is 13.1 Å². The zero-order valence-electron chi connectivity index (χ0n) is 13.4. The zero-order chi connectivity index (χ0) is 15.2. The molecule has 0 spiro atoms. The SMILES string of the molecule is CCC(c1ccccc1)N(CC)C(=O)[C@@H]1CC[C@H](CN)O1.Cl. The molecule has 5 heteroatoms. The summed E-state index contributed by atoms with van der Waals surface area (Å²) >= 11 is 0. The molecule has 0 aliphatic carbocycles. The largest absolute Gasteiger partial charge is 0.364 e. The van der Waals surface area contributed by atoms with Crippen molar-refractivity contribution in [2.24, 2.45) is 5.73 Å². The van der Waals surface area contributed by atoms with Gasteiger partial charge in [-0.15, -0.1) is 12.4 Å². The van der Waals surface area contributed by atoms with Crippen molar-refractivity contribution >= 4 is 18.3 Å². The molecule has 1 aliphatic rings. The first kappa shape index (κ1) is 18.9. The van der Waals surface area contributed by atoms with Gasteiger partial charge in [0.2, 0.25) is 0 Å². The highest BCUT2D eigenvalue weighted by atomic mass is 35.5. The maximum Gasteiger partial charge on any atom is 0.252 e. The highest BCUT2D eigenvalue weighted by Crippen LogP contribution is 2.28. The third-order valence-corrected chi connectivity index (χ3v) is 4.22. The van der Waals surface area contributed by atoms with Crippen LogP contribution in [-0.2, 0) is 9.53 Å². The number of nitrogens with two attached hydrogens (primary N) is 1. The van der Waals surface area contributed by atoms with Gasteiger partial charge in [0.05, 0.1) is 12.1 Å². The molecule has 3 atom stereocenters. The van der Waals surface area contributed by atoms with Gasteiger partial charge < -0.3 is 15.4 Å². The number of carbonyl (C=O) groups is 1. The van der Waals surface area contributed by atoms with E-state index in [9.17, 15) is 4.79 Å². The lowest BCUT2D eigenvalue weighted by atomic mass is 10.0. The van der Waals surface area contributed by atoms with Gasteiger partial charge in [0.25, 0.3) is 5.91 Å². The van der Waals surface area contributed by atoms with Crippen LogP contribution in [0, 0.1) is 0 Å². The molecule has 1 heterocycles. The summed E-state index contributed by atoms with van der Waals surface area (Å²) in [5, 5.41) is 0. The molecule has 1 aromatic carbocycles. The van der Waals surface area contributed by atoms with Crippen LogP contribution in [0.4, 0.5) is 0 Å². The maximum absolute atomic E-state index is 12.8. The number of amides is 1. The van der Waals surface area contributed by atoms with Crippen molar-refractivity contribution < 1.29 is 9.53 Å². The Balaban J connectivity index is 0.00000242. The molecule has 1 unspecified atom stereocenters. The van der Waals surface area contributed by atoms with Gasteiger partial charge in [-0.1, -0.05) is 37.3 Å². The lowest BCUT2D eigenvalue weighted by molar-refractivity contribution is -0.145. The van der Waals surface area contributed by atoms with Crippen LogP contribution in [0.5, 0.6) is 0 Å². The first-order valence-corrected chi connectivity index (χ1v) is 7.92. The Morgan fingerprint density at radius 2 is 2.00 bits per heavy atom. The molecule has 1 aromatic rings. The maximum atomic E-state index is 12.8. The van der Waals surface area contributed by atoms with E-state index in [1.54, 1.807) is 0 Å². The van der Waals surface area contributed by atoms with Gasteiger partial charge >= 0.3 is 0 Å². The van der Waals surface area contributed by atoms with Crippen LogP contribution >= 0.6 is 12.4 Å². The Morgan fingerprint density at radius 1 is 1.32 bits per heavy atom. The number of hydrogen-bond donors (Lipinski definition) is 1. The Morgan fingerprint density at radius 3 is 2.50 bits per heavy atom. The van der Waals surface area contributed by atoms with Crippen LogP contribution in [0.15, 0.2) is 30.3 Å². The van der Waals surface area contributed by atoms with E-state index in [1.165, 1.54) is 5.56 Å². The summed E-state index contributed by atoms with van der Waals surface area (Å²) < 4.78 is 5.77. The van der Waals surface area contributed by atoms with Gasteiger partial charge in [-0.2, -0.15) is 0 Å². The minimum atomic E-state index is -0.323. The van der Waals surface area contributed by atoms with E-state index in [4.69, 9.17) is 10.5 Å². The fourth-order valence-electron chi connectivity index (χ4n) is 3.09. The monoisotopic (exact) mass is 326 g/mol. The molecule has 124 valence electrons. The summed E-state index contributed by atoms with van der Waals surface area (Å²) in [4.78, 5) is 14.7. The molecule has 1 amide bonds. The van der Waals surface area contributed by atoms with Crippen molar-refractivity contribution in [3.8, 4) is 0 Å². The first-order chi connectivity index (χ1) is 10.2. The highest BCUT2D eigenvalue weighted by Gasteiger charge is 2.34. The molecule has 0 saturated carbocycles. The molecule has 2 rings (SSSR count). The second-order valence-corrected chi connectivity index (χ2v) is 5.52. The average Bonchev–Trinajstić information content (AvgIpc) is 3.01. The predicted molar refractivity (Wildman–Crippen MR) is 91.1 cm³/mol. The molecule has 2 N–H and O–H groups in total. The number of hydrogen-bond acceptors (Lipinski definition) is 3. The smallest absolute Gasteiger partial charge is 0.252 e. The van der Waals surface area contributed by atoms with Crippen molar-refractivity contribution in [2.45, 2.75) is 51.4 Å². The highest BCUT2D eigenvalue weighted by molar-refractivity contribution is 5.85. The lowest BCUT2D eigenvalue weighted by Gasteiger charge is -2.32. The van der Waals surface area contributed by atoms with Crippen molar-refractivity contribution in [1.29, 1.82) is 0 Å². The van der Waals surface area contributed by atoms with Crippen LogP contribution in [0.25, 0.3) is 0 Å². The summed E-state index contributed by atoms with van der Waals surface area (Å²) in [6.45, 7) is 5.33. The van der Waals surface area contributed by atoms with E-state index in [2.05, 4.69) is 19.1 Å². The third kappa shape index (κ3) is 4.22. The number of benzene rings is 1. The van der Waals surface area contributed by atoms with E-state index in [-0.39, 0.29) is 36.6 Å². The van der Waals surface area contributed by atoms with Crippen LogP contribution in [0.1, 0.15) is 44.7 Å². The fraction of sp³-hybridized carbons (Fsp3) is 0.588. The minimum Gasteiger partial charge on any atom is -0.364 e. The van der Waals surface area contributed by atoms with E-state index in [1.807, 2.05) is 30.0 Å². The van der Waals surface area contributed by atoms with Crippen molar-refractivity contribution in [1.82, 2.24) is 4.90 Å². The Hall–Kier alpha value is -1.10. The van der Waals surface area contributed by atoms with Gasteiger partial charge in [-0.3, -0.25) is 4.79 Å². The summed E-state index contributed by atoms with van der Waals surface area (Å²) in [7, 11) is 0. The van der Waals surface area contributed by atoms with Crippen LogP contribution in [-0.4, -0.2) is 36.1 Å². The lowest BCUT2D eigenvalue weighted by Crippen LogP contribution is -2.41. The number of rotatable bonds is 6. The van der Waals surface area contributed by atoms with Crippen molar-refractivity contribution in [2.75, 3.05) is 13.1 Å². The molecule has 0 radical (unpaired) electrons. The fourth-order valence-corrected chi connectivity index (χ4v) is 3.09. The molecule has 4 nitrogen and oxygen atoms in total. The van der Waals surface area contributed by atoms with Gasteiger partial charge in [-0.25, -0.2) is 0 Å². The second kappa shape index (κ2) is 9.13. The second-order valence-electron chi connectivity index (χ2n) is 5.52. The van der Waals surface area contributed by atoms with Crippen LogP contribution < -0.4 is 5.73 Å². The summed E-state index contributed by atoms with van der Waals surface area (Å²) in [6, 6.07) is 10.3. The zero-order valence-corrected chi connectivity index (χ0v) is 14.2. The normalized spacial score (nSPS) is 22.0. The van der Waals surface area contributed by atoms with Gasteiger partial charge in [0.1, 0.15) is 6.10 Å². The number of likely N-dealkylation sites (N-methyl/N-ethyl adjacent to an activating group) is 1. The standard InChI is InChI=1S/C17H26N2O2.ClH/c1-3-15(13-8-6-5-7-9-13)19(4-2)17(20)16-11-10-14(12-18)21-16;/h5-9,14-16H,3-4,10-12,18H2,1-2H3;1H/t14-,15?,16+;/m1./s1. The molecular formula is C17H27ClN2O2. The van der Waals surface area contributed by atoms with Crippen LogP contribution in [0.3, 0.4) is 0 Å². The number of carbonyl (C=O) groups excluding carboxylic acids is 1. The van der Waals surface area contributed by atoms with E-state index in [0.717, 1.165) is 19.3 Å². The Bertz CT molecular complexity index is 455. The van der Waals surface area contributed by atoms with E-state index < -0.39 is 0 Å². The summed E-state index contributed by atoms with van der Waals surface area (Å²) in [6.07, 6.45) is 2.27. The molecule has 0 aromatic heterocycles. The number of nitrogens with zero attached hydrogens (tertiary/aromatic N) is 1. The van der Waals surface area contributed by atoms with Gasteiger partial charge in [-0.05, 0) is 31.7 Å². The molecule has 1 fully saturated rings. The molecule has 22 heavy (non-hydrogen) atoms. The van der Waals surface area contributed by atoms with Gasteiger partial charge in [0.15, 0.2) is 0 Å². The van der Waals surface area contributed by atoms with Crippen LogP contribution in [0.2, 0.25) is 0 Å². The van der Waals surface area contributed by atoms with E-state index >= 15 is 0 Å². The quantitative estimate of drug-likeness (QED) is 0.874. The third-order valence-electron chi connectivity index (χ3n) is 4.22. The molecular weight excluding hydrogens is 300 g/mol.